The zero-order valence-corrected chi connectivity index (χ0v) is 12.4. The van der Waals surface area contributed by atoms with Gasteiger partial charge in [-0.15, -0.1) is 0 Å². The van der Waals surface area contributed by atoms with Crippen molar-refractivity contribution in [1.29, 1.82) is 0 Å². The van der Waals surface area contributed by atoms with E-state index in [2.05, 4.69) is 29.1 Å². The average Bonchev–Trinajstić information content (AvgIpc) is 3.15. The van der Waals surface area contributed by atoms with E-state index in [-0.39, 0.29) is 0 Å². The van der Waals surface area contributed by atoms with E-state index < -0.39 is 11.5 Å². The maximum absolute atomic E-state index is 11.6. The van der Waals surface area contributed by atoms with E-state index in [1.165, 1.54) is 0 Å². The Kier molecular flexibility index (Phi) is 4.48. The van der Waals surface area contributed by atoms with Crippen molar-refractivity contribution in [2.24, 2.45) is 0 Å². The van der Waals surface area contributed by atoms with Gasteiger partial charge >= 0.3 is 5.97 Å². The van der Waals surface area contributed by atoms with E-state index in [0.717, 1.165) is 38.9 Å². The van der Waals surface area contributed by atoms with Crippen molar-refractivity contribution in [2.45, 2.75) is 50.7 Å². The molecule has 1 saturated heterocycles. The molecule has 0 aromatic carbocycles. The highest BCUT2D eigenvalue weighted by Crippen LogP contribution is 2.24. The van der Waals surface area contributed by atoms with Crippen LogP contribution in [0.25, 0.3) is 0 Å². The van der Waals surface area contributed by atoms with Crippen LogP contribution in [0.15, 0.2) is 0 Å². The summed E-state index contributed by atoms with van der Waals surface area (Å²) in [6.45, 7) is 7.58. The molecule has 2 fully saturated rings. The van der Waals surface area contributed by atoms with Crippen LogP contribution in [-0.4, -0.2) is 71.7 Å². The minimum atomic E-state index is -0.810. The largest absolute Gasteiger partial charge is 0.480 e. The number of likely N-dealkylation sites (N-methyl/N-ethyl adjacent to an activating group) is 1. The molecule has 1 aliphatic heterocycles. The third kappa shape index (κ3) is 3.68. The number of carboxylic acids is 1. The minimum Gasteiger partial charge on any atom is -0.480 e. The summed E-state index contributed by atoms with van der Waals surface area (Å²) in [6, 6.07) is 0.961. The van der Waals surface area contributed by atoms with Gasteiger partial charge in [0.1, 0.15) is 5.54 Å². The molecular formula is C14H27N3O2. The third-order valence-electron chi connectivity index (χ3n) is 4.44. The lowest BCUT2D eigenvalue weighted by atomic mass is 10.00. The third-order valence-corrected chi connectivity index (χ3v) is 4.44. The SMILES string of the molecule is CCC1CN(CC(C)(NC2CC2)C(=O)O)CCN1C. The Morgan fingerprint density at radius 2 is 2.11 bits per heavy atom. The summed E-state index contributed by atoms with van der Waals surface area (Å²) in [5.41, 5.74) is -0.810. The van der Waals surface area contributed by atoms with Gasteiger partial charge in [0.15, 0.2) is 0 Å². The number of piperazine rings is 1. The summed E-state index contributed by atoms with van der Waals surface area (Å²) in [4.78, 5) is 16.3. The maximum Gasteiger partial charge on any atom is 0.324 e. The molecule has 2 unspecified atom stereocenters. The minimum absolute atomic E-state index is 0.413. The van der Waals surface area contributed by atoms with Gasteiger partial charge in [-0.1, -0.05) is 6.92 Å². The van der Waals surface area contributed by atoms with Crippen LogP contribution in [-0.2, 0) is 4.79 Å². The van der Waals surface area contributed by atoms with Crippen molar-refractivity contribution >= 4 is 5.97 Å². The van der Waals surface area contributed by atoms with E-state index >= 15 is 0 Å². The fourth-order valence-electron chi connectivity index (χ4n) is 2.90. The van der Waals surface area contributed by atoms with Gasteiger partial charge in [-0.05, 0) is 33.2 Å². The standard InChI is InChI=1S/C14H27N3O2/c1-4-12-9-17(8-7-16(12)3)10-14(2,13(18)19)15-11-5-6-11/h11-12,15H,4-10H2,1-3H3,(H,18,19). The van der Waals surface area contributed by atoms with Gasteiger partial charge in [0.05, 0.1) is 0 Å². The molecule has 1 aliphatic carbocycles. The van der Waals surface area contributed by atoms with Gasteiger partial charge in [-0.2, -0.15) is 0 Å². The van der Waals surface area contributed by atoms with E-state index in [0.29, 0.717) is 18.6 Å². The van der Waals surface area contributed by atoms with Crippen molar-refractivity contribution in [2.75, 3.05) is 33.2 Å². The number of rotatable bonds is 6. The molecular weight excluding hydrogens is 242 g/mol. The van der Waals surface area contributed by atoms with Gasteiger partial charge in [0, 0.05) is 38.3 Å². The summed E-state index contributed by atoms with van der Waals surface area (Å²) in [6.07, 6.45) is 3.35. The molecule has 2 aliphatic rings. The Morgan fingerprint density at radius 3 is 2.63 bits per heavy atom. The van der Waals surface area contributed by atoms with Crippen molar-refractivity contribution < 1.29 is 9.90 Å². The van der Waals surface area contributed by atoms with Crippen LogP contribution in [0.2, 0.25) is 0 Å². The van der Waals surface area contributed by atoms with Crippen LogP contribution in [0.1, 0.15) is 33.1 Å². The maximum atomic E-state index is 11.6. The Morgan fingerprint density at radius 1 is 1.42 bits per heavy atom. The predicted molar refractivity (Wildman–Crippen MR) is 75.3 cm³/mol. The first-order chi connectivity index (χ1) is 8.94. The molecule has 0 aromatic rings. The molecule has 1 saturated carbocycles. The molecule has 0 spiro atoms. The van der Waals surface area contributed by atoms with E-state index in [9.17, 15) is 9.90 Å². The van der Waals surface area contributed by atoms with Crippen LogP contribution in [0, 0.1) is 0 Å². The van der Waals surface area contributed by atoms with Crippen molar-refractivity contribution in [3.8, 4) is 0 Å². The normalized spacial score (nSPS) is 29.1. The lowest BCUT2D eigenvalue weighted by Crippen LogP contribution is -2.61. The summed E-state index contributed by atoms with van der Waals surface area (Å²) in [7, 11) is 2.16. The van der Waals surface area contributed by atoms with Crippen molar-refractivity contribution in [3.63, 3.8) is 0 Å². The van der Waals surface area contributed by atoms with E-state index in [1.807, 2.05) is 6.92 Å². The fraction of sp³-hybridized carbons (Fsp3) is 0.929. The summed E-state index contributed by atoms with van der Waals surface area (Å²) in [5.74, 6) is -0.730. The molecule has 0 amide bonds. The lowest BCUT2D eigenvalue weighted by Gasteiger charge is -2.42. The van der Waals surface area contributed by atoms with Crippen LogP contribution in [0.3, 0.4) is 0 Å². The second-order valence-corrected chi connectivity index (χ2v) is 6.33. The number of carbonyl (C=O) groups is 1. The zero-order valence-electron chi connectivity index (χ0n) is 12.4. The van der Waals surface area contributed by atoms with Crippen LogP contribution in [0.5, 0.6) is 0 Å². The Labute approximate surface area is 115 Å². The quantitative estimate of drug-likeness (QED) is 0.740. The second kappa shape index (κ2) is 5.77. The number of hydrogen-bond donors (Lipinski definition) is 2. The molecule has 0 radical (unpaired) electrons. The zero-order chi connectivity index (χ0) is 14.0. The first kappa shape index (κ1) is 14.8. The van der Waals surface area contributed by atoms with Gasteiger partial charge in [0.2, 0.25) is 0 Å². The molecule has 1 heterocycles. The highest BCUT2D eigenvalue weighted by Gasteiger charge is 2.40. The first-order valence-corrected chi connectivity index (χ1v) is 7.38. The monoisotopic (exact) mass is 269 g/mol. The fourth-order valence-corrected chi connectivity index (χ4v) is 2.90. The number of aliphatic carboxylic acids is 1. The first-order valence-electron chi connectivity index (χ1n) is 7.38. The smallest absolute Gasteiger partial charge is 0.324 e. The predicted octanol–water partition coefficient (Wildman–Crippen LogP) is 0.608. The Bertz CT molecular complexity index is 333. The van der Waals surface area contributed by atoms with Gasteiger partial charge in [0.25, 0.3) is 0 Å². The van der Waals surface area contributed by atoms with Crippen LogP contribution < -0.4 is 5.32 Å². The number of nitrogens with zero attached hydrogens (tertiary/aromatic N) is 2. The topological polar surface area (TPSA) is 55.8 Å². The van der Waals surface area contributed by atoms with E-state index in [1.54, 1.807) is 0 Å². The highest BCUT2D eigenvalue weighted by molar-refractivity contribution is 5.78. The lowest BCUT2D eigenvalue weighted by molar-refractivity contribution is -0.145. The molecule has 110 valence electrons. The molecule has 0 bridgehead atoms. The number of carboxylic acid groups (broad SMARTS) is 1. The molecule has 2 atom stereocenters. The summed E-state index contributed by atoms with van der Waals surface area (Å²) >= 11 is 0. The van der Waals surface area contributed by atoms with Crippen LogP contribution >= 0.6 is 0 Å². The second-order valence-electron chi connectivity index (χ2n) is 6.33. The van der Waals surface area contributed by atoms with Crippen molar-refractivity contribution in [1.82, 2.24) is 15.1 Å². The van der Waals surface area contributed by atoms with Gasteiger partial charge < -0.3 is 10.0 Å². The Balaban J connectivity index is 1.95. The summed E-state index contributed by atoms with van der Waals surface area (Å²) in [5, 5.41) is 12.8. The van der Waals surface area contributed by atoms with Gasteiger partial charge in [-0.25, -0.2) is 0 Å². The van der Waals surface area contributed by atoms with E-state index in [4.69, 9.17) is 0 Å². The molecule has 5 heteroatoms. The average molecular weight is 269 g/mol. The highest BCUT2D eigenvalue weighted by atomic mass is 16.4. The number of hydrogen-bond acceptors (Lipinski definition) is 4. The van der Waals surface area contributed by atoms with Crippen molar-refractivity contribution in [3.05, 3.63) is 0 Å². The number of nitrogens with one attached hydrogen (secondary N) is 1. The summed E-state index contributed by atoms with van der Waals surface area (Å²) < 4.78 is 0. The molecule has 2 rings (SSSR count). The molecule has 2 N–H and O–H groups in total. The molecule has 19 heavy (non-hydrogen) atoms. The van der Waals surface area contributed by atoms with Gasteiger partial charge in [-0.3, -0.25) is 15.0 Å². The van der Waals surface area contributed by atoms with Crippen LogP contribution in [0.4, 0.5) is 0 Å². The molecule has 0 aromatic heterocycles. The molecule has 5 nitrogen and oxygen atoms in total. The Hall–Kier alpha value is -0.650.